The van der Waals surface area contributed by atoms with Crippen molar-refractivity contribution >= 4 is 10.9 Å². The van der Waals surface area contributed by atoms with E-state index in [9.17, 15) is 0 Å². The number of hydrogen-bond donors (Lipinski definition) is 1. The molecule has 1 saturated carbocycles. The Hall–Kier alpha value is -2.33. The molecule has 3 saturated heterocycles. The number of piperidine rings is 3. The fraction of sp³-hybridized carbons (Fsp3) is 0.409. The van der Waals surface area contributed by atoms with Gasteiger partial charge in [0.15, 0.2) is 0 Å². The van der Waals surface area contributed by atoms with Crippen LogP contribution >= 0.6 is 0 Å². The molecule has 2 aromatic heterocycles. The van der Waals surface area contributed by atoms with Crippen molar-refractivity contribution in [3.63, 3.8) is 0 Å². The summed E-state index contributed by atoms with van der Waals surface area (Å²) in [6, 6.07) is 12.7. The van der Waals surface area contributed by atoms with Crippen LogP contribution in [0.4, 0.5) is 0 Å². The maximum atomic E-state index is 6.45. The first-order chi connectivity index (χ1) is 12.8. The Kier molecular flexibility index (Phi) is 3.18. The highest BCUT2D eigenvalue weighted by molar-refractivity contribution is 5.84. The number of fused-ring (bicyclic) bond motifs is 1. The molecule has 0 radical (unpaired) electrons. The van der Waals surface area contributed by atoms with Gasteiger partial charge in [-0.1, -0.05) is 6.07 Å². The average Bonchev–Trinajstić information content (AvgIpc) is 3.12. The van der Waals surface area contributed by atoms with E-state index >= 15 is 0 Å². The molecule has 4 nitrogen and oxygen atoms in total. The van der Waals surface area contributed by atoms with E-state index in [0.717, 1.165) is 28.4 Å². The summed E-state index contributed by atoms with van der Waals surface area (Å²) in [6.45, 7) is 3.77. The van der Waals surface area contributed by atoms with Crippen LogP contribution in [0.15, 0.2) is 48.8 Å². The smallest absolute Gasteiger partial charge is 0.138 e. The fourth-order valence-corrected chi connectivity index (χ4v) is 5.55. The van der Waals surface area contributed by atoms with Gasteiger partial charge >= 0.3 is 0 Å². The number of aromatic amines is 1. The van der Waals surface area contributed by atoms with E-state index in [-0.39, 0.29) is 0 Å². The number of benzene rings is 1. The molecule has 3 aliphatic heterocycles. The van der Waals surface area contributed by atoms with E-state index in [0.29, 0.717) is 17.9 Å². The number of H-pyrrole nitrogens is 1. The van der Waals surface area contributed by atoms with Crippen molar-refractivity contribution in [3.8, 4) is 17.0 Å². The van der Waals surface area contributed by atoms with Crippen LogP contribution in [0.25, 0.3) is 22.2 Å². The van der Waals surface area contributed by atoms with E-state index < -0.39 is 0 Å². The minimum Gasteiger partial charge on any atom is -0.488 e. The van der Waals surface area contributed by atoms with Crippen molar-refractivity contribution in [2.75, 3.05) is 19.6 Å². The Morgan fingerprint density at radius 1 is 1.00 bits per heavy atom. The second-order valence-electron chi connectivity index (χ2n) is 8.32. The molecule has 3 aromatic rings. The van der Waals surface area contributed by atoms with Crippen LogP contribution in [0.3, 0.4) is 0 Å². The Balaban J connectivity index is 1.23. The van der Waals surface area contributed by atoms with Crippen LogP contribution in [0.1, 0.15) is 12.8 Å². The lowest BCUT2D eigenvalue weighted by Crippen LogP contribution is -2.61. The molecule has 1 aromatic carbocycles. The zero-order valence-corrected chi connectivity index (χ0v) is 14.8. The molecule has 0 amide bonds. The van der Waals surface area contributed by atoms with Crippen LogP contribution < -0.4 is 4.74 Å². The van der Waals surface area contributed by atoms with E-state index in [4.69, 9.17) is 4.74 Å². The highest BCUT2D eigenvalue weighted by Crippen LogP contribution is 2.44. The fourth-order valence-electron chi connectivity index (χ4n) is 5.55. The lowest BCUT2D eigenvalue weighted by molar-refractivity contribution is -0.0985. The standard InChI is InChI=1S/C22H23N3O/c1-3-20-16(5-6-23-20)9-15(1)21-4-2-19(10-24-21)26-22-17-7-14-8-18(22)13-25(11-14)12-17/h1-6,9-10,14,17-18,22-23H,7-8,11-13H2/t14?,17-,18-,22?/m0/s1. The Morgan fingerprint density at radius 2 is 1.88 bits per heavy atom. The Morgan fingerprint density at radius 3 is 2.65 bits per heavy atom. The van der Waals surface area contributed by atoms with E-state index in [2.05, 4.69) is 51.3 Å². The topological polar surface area (TPSA) is 41.1 Å². The SMILES string of the molecule is c1cc2cc(-c3ccc(OC4[C@H]5CC6C[C@H]4CN(C6)C5)cn3)ccc2[nH]1. The lowest BCUT2D eigenvalue weighted by Gasteiger charge is -2.55. The van der Waals surface area contributed by atoms with E-state index in [1.165, 1.54) is 37.9 Å². The second kappa shape index (κ2) is 5.58. The number of rotatable bonds is 3. The van der Waals surface area contributed by atoms with Gasteiger partial charge in [0.25, 0.3) is 0 Å². The van der Waals surface area contributed by atoms with E-state index in [1.807, 2.05) is 12.4 Å². The van der Waals surface area contributed by atoms with Gasteiger partial charge in [0.1, 0.15) is 11.9 Å². The van der Waals surface area contributed by atoms with Crippen molar-refractivity contribution in [1.82, 2.24) is 14.9 Å². The molecule has 26 heavy (non-hydrogen) atoms. The highest BCUT2D eigenvalue weighted by Gasteiger charge is 2.48. The number of pyridine rings is 1. The molecular formula is C22H23N3O. The summed E-state index contributed by atoms with van der Waals surface area (Å²) >= 11 is 0. The van der Waals surface area contributed by atoms with Crippen molar-refractivity contribution in [2.45, 2.75) is 18.9 Å². The molecule has 1 aliphatic carbocycles. The zero-order valence-electron chi connectivity index (χ0n) is 14.8. The van der Waals surface area contributed by atoms with Gasteiger partial charge in [-0.3, -0.25) is 4.98 Å². The van der Waals surface area contributed by atoms with Crippen LogP contribution in [0, 0.1) is 17.8 Å². The molecule has 0 spiro atoms. The molecule has 1 N–H and O–H groups in total. The zero-order chi connectivity index (χ0) is 17.1. The molecule has 4 bridgehead atoms. The van der Waals surface area contributed by atoms with Crippen LogP contribution in [-0.2, 0) is 0 Å². The number of aromatic nitrogens is 2. The first kappa shape index (κ1) is 14.8. The summed E-state index contributed by atoms with van der Waals surface area (Å²) in [5.41, 5.74) is 3.30. The molecule has 5 heterocycles. The number of nitrogens with zero attached hydrogens (tertiary/aromatic N) is 2. The average molecular weight is 345 g/mol. The van der Waals surface area contributed by atoms with Gasteiger partial charge < -0.3 is 14.6 Å². The quantitative estimate of drug-likeness (QED) is 0.781. The van der Waals surface area contributed by atoms with Gasteiger partial charge in [0, 0.05) is 54.1 Å². The third-order valence-corrected chi connectivity index (χ3v) is 6.56. The summed E-state index contributed by atoms with van der Waals surface area (Å²) in [5.74, 6) is 3.24. The van der Waals surface area contributed by atoms with Crippen molar-refractivity contribution in [3.05, 3.63) is 48.8 Å². The molecular weight excluding hydrogens is 322 g/mol. The lowest BCUT2D eigenvalue weighted by atomic mass is 9.66. The highest BCUT2D eigenvalue weighted by atomic mass is 16.5. The minimum absolute atomic E-state index is 0.381. The van der Waals surface area contributed by atoms with Crippen LogP contribution in [-0.4, -0.2) is 40.6 Å². The molecule has 7 rings (SSSR count). The summed E-state index contributed by atoms with van der Waals surface area (Å²) in [4.78, 5) is 10.6. The van der Waals surface area contributed by atoms with Gasteiger partial charge in [-0.2, -0.15) is 0 Å². The third kappa shape index (κ3) is 2.36. The van der Waals surface area contributed by atoms with Crippen molar-refractivity contribution < 1.29 is 4.74 Å². The van der Waals surface area contributed by atoms with Gasteiger partial charge in [-0.05, 0) is 49.1 Å². The normalized spacial score (nSPS) is 32.2. The van der Waals surface area contributed by atoms with Crippen molar-refractivity contribution in [1.29, 1.82) is 0 Å². The van der Waals surface area contributed by atoms with Crippen LogP contribution in [0.2, 0.25) is 0 Å². The predicted molar refractivity (Wildman–Crippen MR) is 102 cm³/mol. The monoisotopic (exact) mass is 345 g/mol. The first-order valence-electron chi connectivity index (χ1n) is 9.74. The predicted octanol–water partition coefficient (Wildman–Crippen LogP) is 3.95. The summed E-state index contributed by atoms with van der Waals surface area (Å²) in [6.07, 6.45) is 6.95. The Bertz CT molecular complexity index is 917. The molecule has 4 fully saturated rings. The first-order valence-corrected chi connectivity index (χ1v) is 9.74. The summed E-state index contributed by atoms with van der Waals surface area (Å²) in [5, 5.41) is 1.22. The summed E-state index contributed by atoms with van der Waals surface area (Å²) < 4.78 is 6.45. The number of hydrogen-bond acceptors (Lipinski definition) is 3. The molecule has 132 valence electrons. The number of ether oxygens (including phenoxy) is 1. The van der Waals surface area contributed by atoms with Gasteiger partial charge in [0.2, 0.25) is 0 Å². The van der Waals surface area contributed by atoms with Crippen molar-refractivity contribution in [2.24, 2.45) is 17.8 Å². The van der Waals surface area contributed by atoms with Gasteiger partial charge in [-0.15, -0.1) is 0 Å². The molecule has 2 atom stereocenters. The molecule has 4 aliphatic rings. The maximum absolute atomic E-state index is 6.45. The minimum atomic E-state index is 0.381. The third-order valence-electron chi connectivity index (χ3n) is 6.56. The number of nitrogens with one attached hydrogen (secondary N) is 1. The molecule has 0 unspecified atom stereocenters. The largest absolute Gasteiger partial charge is 0.488 e. The van der Waals surface area contributed by atoms with Gasteiger partial charge in [0.05, 0.1) is 11.9 Å². The summed E-state index contributed by atoms with van der Waals surface area (Å²) in [7, 11) is 0. The maximum Gasteiger partial charge on any atom is 0.138 e. The van der Waals surface area contributed by atoms with Gasteiger partial charge in [-0.25, -0.2) is 0 Å². The second-order valence-corrected chi connectivity index (χ2v) is 8.32. The molecule has 4 heteroatoms. The Labute approximate surface area is 153 Å². The van der Waals surface area contributed by atoms with Crippen LogP contribution in [0.5, 0.6) is 5.75 Å². The van der Waals surface area contributed by atoms with E-state index in [1.54, 1.807) is 0 Å².